The van der Waals surface area contributed by atoms with E-state index in [1.807, 2.05) is 29.6 Å². The number of thiazole rings is 1. The molecule has 0 aliphatic carbocycles. The molecule has 2 aromatic heterocycles. The molecule has 1 aromatic carbocycles. The lowest BCUT2D eigenvalue weighted by molar-refractivity contribution is 1.29. The van der Waals surface area contributed by atoms with Gasteiger partial charge in [0.15, 0.2) is 5.13 Å². The summed E-state index contributed by atoms with van der Waals surface area (Å²) in [6, 6.07) is 11.0. The average molecular weight is 322 g/mol. The van der Waals surface area contributed by atoms with Gasteiger partial charge in [-0.05, 0) is 30.3 Å². The van der Waals surface area contributed by atoms with Crippen LogP contribution in [0.15, 0.2) is 48.0 Å². The van der Waals surface area contributed by atoms with E-state index in [1.54, 1.807) is 18.3 Å². The second kappa shape index (κ2) is 5.79. The predicted octanol–water partition coefficient (Wildman–Crippen LogP) is 5.26. The van der Waals surface area contributed by atoms with Crippen LogP contribution in [0.3, 0.4) is 0 Å². The Bertz CT molecular complexity index is 728. The van der Waals surface area contributed by atoms with Crippen molar-refractivity contribution in [2.75, 3.05) is 5.32 Å². The Balaban J connectivity index is 1.87. The number of rotatable bonds is 3. The first-order chi connectivity index (χ1) is 9.72. The molecule has 0 radical (unpaired) electrons. The molecule has 0 amide bonds. The Labute approximate surface area is 130 Å². The molecule has 3 nitrogen and oxygen atoms in total. The standard InChI is InChI=1S/C14H9Cl2N3S/c15-9-4-5-10(11(16)7-9)12-8-20-14(18-12)19-13-3-1-2-6-17-13/h1-8H,(H,17,18,19). The maximum atomic E-state index is 6.18. The van der Waals surface area contributed by atoms with E-state index in [2.05, 4.69) is 15.3 Å². The number of halogens is 2. The Hall–Kier alpha value is -1.62. The summed E-state index contributed by atoms with van der Waals surface area (Å²) in [6.45, 7) is 0. The zero-order valence-electron chi connectivity index (χ0n) is 10.2. The summed E-state index contributed by atoms with van der Waals surface area (Å²) in [6.07, 6.45) is 1.73. The average Bonchev–Trinajstić information content (AvgIpc) is 2.88. The zero-order valence-corrected chi connectivity index (χ0v) is 12.5. The van der Waals surface area contributed by atoms with Crippen LogP contribution in [0, 0.1) is 0 Å². The number of nitrogens with zero attached hydrogens (tertiary/aromatic N) is 2. The van der Waals surface area contributed by atoms with Crippen molar-refractivity contribution in [2.45, 2.75) is 0 Å². The molecule has 100 valence electrons. The molecule has 0 unspecified atom stereocenters. The summed E-state index contributed by atoms with van der Waals surface area (Å²) in [4.78, 5) is 8.70. The van der Waals surface area contributed by atoms with Crippen molar-refractivity contribution in [1.29, 1.82) is 0 Å². The fourth-order valence-electron chi connectivity index (χ4n) is 1.70. The first-order valence-corrected chi connectivity index (χ1v) is 7.45. The molecule has 1 N–H and O–H groups in total. The summed E-state index contributed by atoms with van der Waals surface area (Å²) in [7, 11) is 0. The molecule has 0 spiro atoms. The third-order valence-electron chi connectivity index (χ3n) is 2.61. The quantitative estimate of drug-likeness (QED) is 0.715. The van der Waals surface area contributed by atoms with Gasteiger partial charge >= 0.3 is 0 Å². The molecule has 0 atom stereocenters. The lowest BCUT2D eigenvalue weighted by atomic mass is 10.2. The summed E-state index contributed by atoms with van der Waals surface area (Å²) >= 11 is 13.6. The summed E-state index contributed by atoms with van der Waals surface area (Å²) in [5.74, 6) is 0.760. The number of anilines is 2. The minimum Gasteiger partial charge on any atom is -0.316 e. The van der Waals surface area contributed by atoms with Crippen molar-refractivity contribution in [3.8, 4) is 11.3 Å². The highest BCUT2D eigenvalue weighted by Crippen LogP contribution is 2.32. The maximum Gasteiger partial charge on any atom is 0.188 e. The molecule has 2 heterocycles. The van der Waals surface area contributed by atoms with E-state index in [9.17, 15) is 0 Å². The van der Waals surface area contributed by atoms with Crippen LogP contribution in [0.4, 0.5) is 10.9 Å². The van der Waals surface area contributed by atoms with E-state index in [0.717, 1.165) is 22.2 Å². The number of aromatic nitrogens is 2. The Kier molecular flexibility index (Phi) is 3.87. The third-order valence-corrected chi connectivity index (χ3v) is 3.92. The molecule has 20 heavy (non-hydrogen) atoms. The summed E-state index contributed by atoms with van der Waals surface area (Å²) < 4.78 is 0. The smallest absolute Gasteiger partial charge is 0.188 e. The van der Waals surface area contributed by atoms with Crippen LogP contribution in [-0.4, -0.2) is 9.97 Å². The molecular formula is C14H9Cl2N3S. The lowest BCUT2D eigenvalue weighted by Gasteiger charge is -2.01. The summed E-state index contributed by atoms with van der Waals surface area (Å²) in [5, 5.41) is 7.07. The van der Waals surface area contributed by atoms with E-state index >= 15 is 0 Å². The fourth-order valence-corrected chi connectivity index (χ4v) is 2.92. The van der Waals surface area contributed by atoms with Crippen molar-refractivity contribution in [3.63, 3.8) is 0 Å². The van der Waals surface area contributed by atoms with Gasteiger partial charge in [0.25, 0.3) is 0 Å². The van der Waals surface area contributed by atoms with E-state index < -0.39 is 0 Å². The van der Waals surface area contributed by atoms with Crippen molar-refractivity contribution in [3.05, 3.63) is 58.0 Å². The van der Waals surface area contributed by atoms with Gasteiger partial charge < -0.3 is 5.32 Å². The van der Waals surface area contributed by atoms with Crippen LogP contribution < -0.4 is 5.32 Å². The molecule has 0 saturated carbocycles. The molecular weight excluding hydrogens is 313 g/mol. The van der Waals surface area contributed by atoms with E-state index in [4.69, 9.17) is 23.2 Å². The van der Waals surface area contributed by atoms with Gasteiger partial charge in [-0.25, -0.2) is 9.97 Å². The molecule has 3 rings (SSSR count). The van der Waals surface area contributed by atoms with Crippen LogP contribution >= 0.6 is 34.5 Å². The topological polar surface area (TPSA) is 37.8 Å². The first kappa shape index (κ1) is 13.4. The maximum absolute atomic E-state index is 6.18. The molecule has 6 heteroatoms. The molecule has 3 aromatic rings. The van der Waals surface area contributed by atoms with Gasteiger partial charge in [-0.2, -0.15) is 0 Å². The van der Waals surface area contributed by atoms with Crippen molar-refractivity contribution < 1.29 is 0 Å². The largest absolute Gasteiger partial charge is 0.316 e. The Morgan fingerprint density at radius 1 is 1.10 bits per heavy atom. The summed E-state index contributed by atoms with van der Waals surface area (Å²) in [5.41, 5.74) is 1.68. The lowest BCUT2D eigenvalue weighted by Crippen LogP contribution is -1.91. The SMILES string of the molecule is Clc1ccc(-c2csc(Nc3ccccn3)n2)c(Cl)c1. The van der Waals surface area contributed by atoms with Gasteiger partial charge in [0.1, 0.15) is 5.82 Å². The predicted molar refractivity (Wildman–Crippen MR) is 85.1 cm³/mol. The van der Waals surface area contributed by atoms with Crippen LogP contribution in [-0.2, 0) is 0 Å². The Morgan fingerprint density at radius 2 is 2.00 bits per heavy atom. The molecule has 0 aliphatic heterocycles. The van der Waals surface area contributed by atoms with Gasteiger partial charge in [0.2, 0.25) is 0 Å². The highest BCUT2D eigenvalue weighted by Gasteiger charge is 2.09. The van der Waals surface area contributed by atoms with Gasteiger partial charge in [0, 0.05) is 22.2 Å². The van der Waals surface area contributed by atoms with Gasteiger partial charge in [-0.1, -0.05) is 29.3 Å². The van der Waals surface area contributed by atoms with Gasteiger partial charge in [-0.15, -0.1) is 11.3 Å². The van der Waals surface area contributed by atoms with Crippen LogP contribution in [0.2, 0.25) is 10.0 Å². The number of hydrogen-bond acceptors (Lipinski definition) is 4. The second-order valence-electron chi connectivity index (χ2n) is 4.00. The van der Waals surface area contributed by atoms with Gasteiger partial charge in [0.05, 0.1) is 10.7 Å². The minimum atomic E-state index is 0.590. The normalized spacial score (nSPS) is 10.5. The number of hydrogen-bond donors (Lipinski definition) is 1. The van der Waals surface area contributed by atoms with Crippen LogP contribution in [0.1, 0.15) is 0 Å². The van der Waals surface area contributed by atoms with Crippen molar-refractivity contribution in [1.82, 2.24) is 9.97 Å². The monoisotopic (exact) mass is 321 g/mol. The van der Waals surface area contributed by atoms with Crippen LogP contribution in [0.5, 0.6) is 0 Å². The highest BCUT2D eigenvalue weighted by molar-refractivity contribution is 7.14. The van der Waals surface area contributed by atoms with Crippen LogP contribution in [0.25, 0.3) is 11.3 Å². The molecule has 0 bridgehead atoms. The number of pyridine rings is 1. The van der Waals surface area contributed by atoms with Crippen molar-refractivity contribution in [2.24, 2.45) is 0 Å². The van der Waals surface area contributed by atoms with E-state index in [0.29, 0.717) is 10.0 Å². The fraction of sp³-hybridized carbons (Fsp3) is 0. The molecule has 0 fully saturated rings. The third kappa shape index (κ3) is 2.93. The minimum absolute atomic E-state index is 0.590. The van der Waals surface area contributed by atoms with Crippen molar-refractivity contribution >= 4 is 45.5 Å². The van der Waals surface area contributed by atoms with E-state index in [1.165, 1.54) is 11.3 Å². The highest BCUT2D eigenvalue weighted by atomic mass is 35.5. The van der Waals surface area contributed by atoms with Gasteiger partial charge in [-0.3, -0.25) is 0 Å². The zero-order chi connectivity index (χ0) is 13.9. The Morgan fingerprint density at radius 3 is 2.75 bits per heavy atom. The number of benzene rings is 1. The molecule has 0 aliphatic rings. The number of nitrogens with one attached hydrogen (secondary N) is 1. The second-order valence-corrected chi connectivity index (χ2v) is 5.70. The molecule has 0 saturated heterocycles. The first-order valence-electron chi connectivity index (χ1n) is 5.81. The van der Waals surface area contributed by atoms with E-state index in [-0.39, 0.29) is 0 Å².